The lowest BCUT2D eigenvalue weighted by Gasteiger charge is -2.07. The number of amides is 1. The predicted octanol–water partition coefficient (Wildman–Crippen LogP) is 1.34. The van der Waals surface area contributed by atoms with Gasteiger partial charge in [-0.2, -0.15) is 0 Å². The smallest absolute Gasteiger partial charge is 0.236 e. The molecule has 15 heavy (non-hydrogen) atoms. The normalized spacial score (nSPS) is 14.4. The molecular weight excluding hydrogens is 190 g/mol. The van der Waals surface area contributed by atoms with Gasteiger partial charge in [-0.05, 0) is 12.1 Å². The number of allylic oxidation sites excluding steroid dienone is 2. The Morgan fingerprint density at radius 3 is 2.73 bits per heavy atom. The maximum absolute atomic E-state index is 11.6. The van der Waals surface area contributed by atoms with Gasteiger partial charge in [-0.25, -0.2) is 4.98 Å². The number of nitrogens with zero attached hydrogens (tertiary/aromatic N) is 1. The zero-order valence-electron chi connectivity index (χ0n) is 8.05. The molecule has 0 spiro atoms. The Hall–Kier alpha value is -2.10. The van der Waals surface area contributed by atoms with Crippen molar-refractivity contribution in [1.29, 1.82) is 0 Å². The van der Waals surface area contributed by atoms with Crippen LogP contribution in [0, 0.1) is 5.92 Å². The Morgan fingerprint density at radius 1 is 1.33 bits per heavy atom. The Morgan fingerprint density at radius 2 is 2.07 bits per heavy atom. The number of nitrogens with one attached hydrogen (secondary N) is 1. The molecule has 1 amide bonds. The molecule has 1 aromatic rings. The van der Waals surface area contributed by atoms with Gasteiger partial charge in [0.1, 0.15) is 11.6 Å². The minimum atomic E-state index is -0.201. The highest BCUT2D eigenvalue weighted by Crippen LogP contribution is 2.12. The standard InChI is InChI=1S/C11H11N3O/c12-9-6-3-7-10(13-9)14-11(15)8-4-1-2-5-8/h1-8H,(H3,12,13,14,15). The van der Waals surface area contributed by atoms with E-state index in [1.165, 1.54) is 0 Å². The van der Waals surface area contributed by atoms with Gasteiger partial charge in [0.2, 0.25) is 5.91 Å². The van der Waals surface area contributed by atoms with Gasteiger partial charge in [-0.3, -0.25) is 4.79 Å². The second-order valence-corrected chi connectivity index (χ2v) is 3.23. The lowest BCUT2D eigenvalue weighted by Crippen LogP contribution is -2.19. The summed E-state index contributed by atoms with van der Waals surface area (Å²) in [4.78, 5) is 15.6. The van der Waals surface area contributed by atoms with Crippen molar-refractivity contribution in [3.05, 3.63) is 42.5 Å². The molecule has 4 heteroatoms. The van der Waals surface area contributed by atoms with Crippen LogP contribution in [0.5, 0.6) is 0 Å². The molecular formula is C11H11N3O. The van der Waals surface area contributed by atoms with E-state index in [9.17, 15) is 4.79 Å². The number of nitrogen functional groups attached to an aromatic ring is 1. The first-order valence-corrected chi connectivity index (χ1v) is 4.64. The number of carbonyl (C=O) groups is 1. The fourth-order valence-electron chi connectivity index (χ4n) is 1.34. The fourth-order valence-corrected chi connectivity index (χ4v) is 1.34. The number of carbonyl (C=O) groups excluding carboxylic acids is 1. The molecule has 4 nitrogen and oxygen atoms in total. The monoisotopic (exact) mass is 201 g/mol. The second-order valence-electron chi connectivity index (χ2n) is 3.23. The third-order valence-corrected chi connectivity index (χ3v) is 2.07. The Kier molecular flexibility index (Phi) is 2.49. The molecule has 1 heterocycles. The third-order valence-electron chi connectivity index (χ3n) is 2.07. The second kappa shape index (κ2) is 3.96. The van der Waals surface area contributed by atoms with E-state index in [-0.39, 0.29) is 11.8 Å². The summed E-state index contributed by atoms with van der Waals surface area (Å²) in [5.41, 5.74) is 5.50. The lowest BCUT2D eigenvalue weighted by molar-refractivity contribution is -0.117. The molecule has 76 valence electrons. The van der Waals surface area contributed by atoms with E-state index in [1.807, 2.05) is 24.3 Å². The van der Waals surface area contributed by atoms with Gasteiger partial charge in [0.15, 0.2) is 0 Å². The summed E-state index contributed by atoms with van der Waals surface area (Å²) in [6.45, 7) is 0. The molecule has 1 aliphatic rings. The number of aromatic nitrogens is 1. The van der Waals surface area contributed by atoms with Crippen LogP contribution in [0.25, 0.3) is 0 Å². The van der Waals surface area contributed by atoms with Gasteiger partial charge in [-0.1, -0.05) is 30.4 Å². The third kappa shape index (κ3) is 2.22. The summed E-state index contributed by atoms with van der Waals surface area (Å²) in [6, 6.07) is 5.12. The average Bonchev–Trinajstić information content (AvgIpc) is 2.70. The molecule has 0 atom stereocenters. The number of pyridine rings is 1. The highest BCUT2D eigenvalue weighted by atomic mass is 16.1. The van der Waals surface area contributed by atoms with Crippen molar-refractivity contribution in [2.75, 3.05) is 11.1 Å². The molecule has 0 aliphatic heterocycles. The number of hydrogen-bond acceptors (Lipinski definition) is 3. The molecule has 3 N–H and O–H groups in total. The maximum Gasteiger partial charge on any atom is 0.236 e. The van der Waals surface area contributed by atoms with Crippen LogP contribution in [0.1, 0.15) is 0 Å². The molecule has 0 saturated heterocycles. The van der Waals surface area contributed by atoms with E-state index in [0.29, 0.717) is 11.6 Å². The molecule has 0 aromatic carbocycles. The minimum absolute atomic E-state index is 0.0990. The lowest BCUT2D eigenvalue weighted by atomic mass is 10.1. The van der Waals surface area contributed by atoms with Crippen LogP contribution >= 0.6 is 0 Å². The molecule has 0 fully saturated rings. The first kappa shape index (κ1) is 9.45. The first-order chi connectivity index (χ1) is 7.25. The van der Waals surface area contributed by atoms with Crippen molar-refractivity contribution in [3.8, 4) is 0 Å². The largest absolute Gasteiger partial charge is 0.384 e. The summed E-state index contributed by atoms with van der Waals surface area (Å²) in [5, 5.41) is 2.69. The predicted molar refractivity (Wildman–Crippen MR) is 59.0 cm³/mol. The highest BCUT2D eigenvalue weighted by Gasteiger charge is 2.14. The molecule has 0 unspecified atom stereocenters. The molecule has 0 saturated carbocycles. The van der Waals surface area contributed by atoms with Crippen molar-refractivity contribution >= 4 is 17.5 Å². The van der Waals surface area contributed by atoms with E-state index >= 15 is 0 Å². The SMILES string of the molecule is Nc1cccc(NC(=O)C2C=CC=C2)n1. The van der Waals surface area contributed by atoms with Crippen molar-refractivity contribution in [3.63, 3.8) is 0 Å². The molecule has 1 aliphatic carbocycles. The molecule has 1 aromatic heterocycles. The van der Waals surface area contributed by atoms with Gasteiger partial charge >= 0.3 is 0 Å². The van der Waals surface area contributed by atoms with Gasteiger partial charge in [0.05, 0.1) is 5.92 Å². The van der Waals surface area contributed by atoms with Crippen LogP contribution in [-0.4, -0.2) is 10.9 Å². The quantitative estimate of drug-likeness (QED) is 0.758. The highest BCUT2D eigenvalue weighted by molar-refractivity contribution is 5.94. The van der Waals surface area contributed by atoms with Crippen LogP contribution < -0.4 is 11.1 Å². The summed E-state index contributed by atoms with van der Waals surface area (Å²) in [7, 11) is 0. The zero-order valence-corrected chi connectivity index (χ0v) is 8.05. The van der Waals surface area contributed by atoms with Gasteiger partial charge in [0, 0.05) is 0 Å². The van der Waals surface area contributed by atoms with Gasteiger partial charge in [0.25, 0.3) is 0 Å². The van der Waals surface area contributed by atoms with Gasteiger partial charge < -0.3 is 11.1 Å². The van der Waals surface area contributed by atoms with Crippen LogP contribution in [0.2, 0.25) is 0 Å². The van der Waals surface area contributed by atoms with E-state index in [4.69, 9.17) is 5.73 Å². The topological polar surface area (TPSA) is 68.0 Å². The minimum Gasteiger partial charge on any atom is -0.384 e. The molecule has 2 rings (SSSR count). The Balaban J connectivity index is 2.05. The number of hydrogen-bond donors (Lipinski definition) is 2. The van der Waals surface area contributed by atoms with Crippen LogP contribution in [0.3, 0.4) is 0 Å². The molecule has 0 bridgehead atoms. The summed E-state index contributed by atoms with van der Waals surface area (Å²) in [5.74, 6) is 0.574. The van der Waals surface area contributed by atoms with Crippen molar-refractivity contribution in [2.24, 2.45) is 5.92 Å². The van der Waals surface area contributed by atoms with Crippen LogP contribution in [-0.2, 0) is 4.79 Å². The van der Waals surface area contributed by atoms with Gasteiger partial charge in [-0.15, -0.1) is 0 Å². The van der Waals surface area contributed by atoms with Crippen molar-refractivity contribution < 1.29 is 4.79 Å². The van der Waals surface area contributed by atoms with Crippen molar-refractivity contribution in [2.45, 2.75) is 0 Å². The number of nitrogens with two attached hydrogens (primary N) is 1. The molecule has 0 radical (unpaired) electrons. The van der Waals surface area contributed by atoms with Crippen LogP contribution in [0.15, 0.2) is 42.5 Å². The van der Waals surface area contributed by atoms with E-state index in [2.05, 4.69) is 10.3 Å². The first-order valence-electron chi connectivity index (χ1n) is 4.64. The number of rotatable bonds is 2. The summed E-state index contributed by atoms with van der Waals surface area (Å²) >= 11 is 0. The number of anilines is 2. The summed E-state index contributed by atoms with van der Waals surface area (Å²) in [6.07, 6.45) is 7.33. The Labute approximate surface area is 87.5 Å². The average molecular weight is 201 g/mol. The Bertz CT molecular complexity index is 425. The van der Waals surface area contributed by atoms with Crippen LogP contribution in [0.4, 0.5) is 11.6 Å². The zero-order chi connectivity index (χ0) is 10.7. The fraction of sp³-hybridized carbons (Fsp3) is 0.0909. The van der Waals surface area contributed by atoms with E-state index in [1.54, 1.807) is 18.2 Å². The van der Waals surface area contributed by atoms with Crippen molar-refractivity contribution in [1.82, 2.24) is 4.98 Å². The maximum atomic E-state index is 11.6. The van der Waals surface area contributed by atoms with E-state index < -0.39 is 0 Å². The van der Waals surface area contributed by atoms with E-state index in [0.717, 1.165) is 0 Å². The summed E-state index contributed by atoms with van der Waals surface area (Å²) < 4.78 is 0.